The maximum atomic E-state index is 9.97. The number of hydrogen-bond acceptors (Lipinski definition) is 3. The molecule has 1 aliphatic heterocycles. The Labute approximate surface area is 54.0 Å². The Kier molecular flexibility index (Phi) is 2.00. The van der Waals surface area contributed by atoms with Crippen LogP contribution in [0.1, 0.15) is 19.3 Å². The summed E-state index contributed by atoms with van der Waals surface area (Å²) < 4.78 is 0. The lowest BCUT2D eigenvalue weighted by molar-refractivity contribution is 0.156. The van der Waals surface area contributed by atoms with Gasteiger partial charge in [0, 0.05) is 6.54 Å². The second-order valence-corrected chi connectivity index (χ2v) is 2.31. The van der Waals surface area contributed by atoms with Crippen LogP contribution in [-0.4, -0.2) is 17.7 Å². The van der Waals surface area contributed by atoms with Crippen LogP contribution in [0.2, 0.25) is 0 Å². The van der Waals surface area contributed by atoms with E-state index in [0.29, 0.717) is 0 Å². The molecule has 0 aliphatic carbocycles. The summed E-state index contributed by atoms with van der Waals surface area (Å²) in [6.45, 7) is 0.727. The normalized spacial score (nSPS) is 28.1. The number of nitroso groups, excluding NO2 is 1. The van der Waals surface area contributed by atoms with Gasteiger partial charge in [-0.3, -0.25) is 0 Å². The first-order chi connectivity index (χ1) is 4.34. The summed E-state index contributed by atoms with van der Waals surface area (Å²) >= 11 is 0. The van der Waals surface area contributed by atoms with E-state index in [1.165, 1.54) is 5.01 Å². The van der Waals surface area contributed by atoms with Crippen molar-refractivity contribution in [2.45, 2.75) is 25.4 Å². The van der Waals surface area contributed by atoms with E-state index in [9.17, 15) is 4.91 Å². The van der Waals surface area contributed by atoms with E-state index in [1.807, 2.05) is 0 Å². The van der Waals surface area contributed by atoms with Gasteiger partial charge in [-0.25, -0.2) is 5.01 Å². The molecule has 0 saturated carbocycles. The Morgan fingerprint density at radius 2 is 2.33 bits per heavy atom. The summed E-state index contributed by atoms with van der Waals surface area (Å²) in [4.78, 5) is 9.97. The molecule has 0 radical (unpaired) electrons. The molecule has 4 heteroatoms. The summed E-state index contributed by atoms with van der Waals surface area (Å²) in [6.07, 6.45) is 2.93. The molecule has 0 aromatic rings. The fourth-order valence-corrected chi connectivity index (χ4v) is 1.04. The predicted molar refractivity (Wildman–Crippen MR) is 34.3 cm³/mol. The van der Waals surface area contributed by atoms with Gasteiger partial charge in [0.15, 0.2) is 0 Å². The highest BCUT2D eigenvalue weighted by Gasteiger charge is 2.16. The Hall–Kier alpha value is -0.640. The van der Waals surface area contributed by atoms with Gasteiger partial charge in [0.25, 0.3) is 0 Å². The molecule has 4 nitrogen and oxygen atoms in total. The van der Waals surface area contributed by atoms with Crippen molar-refractivity contribution in [2.24, 2.45) is 11.0 Å². The third-order valence-corrected chi connectivity index (χ3v) is 1.62. The molecule has 2 N–H and O–H groups in total. The molecule has 1 atom stereocenters. The second-order valence-electron chi connectivity index (χ2n) is 2.31. The Morgan fingerprint density at radius 1 is 1.56 bits per heavy atom. The Bertz CT molecular complexity index is 106. The van der Waals surface area contributed by atoms with Crippen molar-refractivity contribution in [1.29, 1.82) is 0 Å². The van der Waals surface area contributed by atoms with Gasteiger partial charge in [0.1, 0.15) is 0 Å². The smallest absolute Gasteiger partial charge is 0.0971 e. The average molecular weight is 129 g/mol. The molecule has 0 amide bonds. The van der Waals surface area contributed by atoms with Crippen LogP contribution < -0.4 is 5.73 Å². The van der Waals surface area contributed by atoms with Crippen LogP contribution in [-0.2, 0) is 0 Å². The van der Waals surface area contributed by atoms with E-state index in [1.54, 1.807) is 0 Å². The van der Waals surface area contributed by atoms with Crippen LogP contribution in [0.5, 0.6) is 0 Å². The molecule has 9 heavy (non-hydrogen) atoms. The largest absolute Gasteiger partial charge is 0.310 e. The molecule has 1 saturated heterocycles. The number of nitrogens with zero attached hydrogens (tertiary/aromatic N) is 2. The first-order valence-corrected chi connectivity index (χ1v) is 3.20. The van der Waals surface area contributed by atoms with E-state index in [0.717, 1.165) is 25.8 Å². The predicted octanol–water partition coefficient (Wildman–Crippen LogP) is 0.438. The summed E-state index contributed by atoms with van der Waals surface area (Å²) in [7, 11) is 0. The standard InChI is InChI=1S/C5H11N3O/c6-5-3-1-2-4-8(5)7-9/h5H,1-4,6H2/t5-/m0/s1. The lowest BCUT2D eigenvalue weighted by atomic mass is 10.1. The highest BCUT2D eigenvalue weighted by Crippen LogP contribution is 2.12. The lowest BCUT2D eigenvalue weighted by Gasteiger charge is -2.26. The van der Waals surface area contributed by atoms with Crippen LogP contribution >= 0.6 is 0 Å². The van der Waals surface area contributed by atoms with Gasteiger partial charge in [0.05, 0.1) is 11.5 Å². The van der Waals surface area contributed by atoms with Crippen LogP contribution in [0.25, 0.3) is 0 Å². The zero-order valence-electron chi connectivity index (χ0n) is 5.29. The molecule has 0 unspecified atom stereocenters. The quantitative estimate of drug-likeness (QED) is 0.522. The molecule has 1 fully saturated rings. The molecule has 1 heterocycles. The maximum Gasteiger partial charge on any atom is 0.0971 e. The zero-order valence-corrected chi connectivity index (χ0v) is 5.29. The maximum absolute atomic E-state index is 9.97. The fourth-order valence-electron chi connectivity index (χ4n) is 1.04. The molecule has 0 aromatic carbocycles. The van der Waals surface area contributed by atoms with E-state index in [-0.39, 0.29) is 6.17 Å². The highest BCUT2D eigenvalue weighted by molar-refractivity contribution is 4.67. The summed E-state index contributed by atoms with van der Waals surface area (Å²) in [5.74, 6) is 0. The Balaban J connectivity index is 2.38. The van der Waals surface area contributed by atoms with Gasteiger partial charge in [-0.15, -0.1) is 4.91 Å². The minimum atomic E-state index is -0.128. The van der Waals surface area contributed by atoms with Gasteiger partial charge >= 0.3 is 0 Å². The van der Waals surface area contributed by atoms with Crippen LogP contribution in [0, 0.1) is 4.91 Å². The molecule has 0 spiro atoms. The molecule has 0 aromatic heterocycles. The van der Waals surface area contributed by atoms with Crippen LogP contribution in [0.4, 0.5) is 0 Å². The van der Waals surface area contributed by atoms with Gasteiger partial charge in [-0.1, -0.05) is 0 Å². The Morgan fingerprint density at radius 3 is 2.78 bits per heavy atom. The average Bonchev–Trinajstić information content (AvgIpc) is 1.89. The van der Waals surface area contributed by atoms with E-state index in [4.69, 9.17) is 5.73 Å². The molecule has 1 aliphatic rings. The molecule has 1 rings (SSSR count). The summed E-state index contributed by atoms with van der Waals surface area (Å²) in [5, 5.41) is 4.19. The second kappa shape index (κ2) is 2.77. The van der Waals surface area contributed by atoms with E-state index in [2.05, 4.69) is 5.29 Å². The van der Waals surface area contributed by atoms with Crippen LogP contribution in [0.15, 0.2) is 5.29 Å². The number of piperidine rings is 1. The van der Waals surface area contributed by atoms with Crippen molar-refractivity contribution >= 4 is 0 Å². The monoisotopic (exact) mass is 129 g/mol. The third kappa shape index (κ3) is 1.38. The fraction of sp³-hybridized carbons (Fsp3) is 1.00. The molecular formula is C5H11N3O. The zero-order chi connectivity index (χ0) is 6.69. The number of rotatable bonds is 1. The van der Waals surface area contributed by atoms with Crippen molar-refractivity contribution in [2.75, 3.05) is 6.54 Å². The molecular weight excluding hydrogens is 118 g/mol. The van der Waals surface area contributed by atoms with Crippen molar-refractivity contribution in [3.63, 3.8) is 0 Å². The molecule has 0 bridgehead atoms. The van der Waals surface area contributed by atoms with Crippen LogP contribution in [0.3, 0.4) is 0 Å². The van der Waals surface area contributed by atoms with Crippen molar-refractivity contribution in [1.82, 2.24) is 5.01 Å². The van der Waals surface area contributed by atoms with E-state index >= 15 is 0 Å². The van der Waals surface area contributed by atoms with Gasteiger partial charge in [-0.05, 0) is 19.3 Å². The van der Waals surface area contributed by atoms with Crippen molar-refractivity contribution < 1.29 is 0 Å². The van der Waals surface area contributed by atoms with Gasteiger partial charge in [0.2, 0.25) is 0 Å². The first kappa shape index (κ1) is 6.48. The topological polar surface area (TPSA) is 58.7 Å². The number of hydrogen-bond donors (Lipinski definition) is 1. The van der Waals surface area contributed by atoms with Crippen molar-refractivity contribution in [3.8, 4) is 0 Å². The van der Waals surface area contributed by atoms with Gasteiger partial charge < -0.3 is 5.73 Å². The highest BCUT2D eigenvalue weighted by atomic mass is 16.3. The summed E-state index contributed by atoms with van der Waals surface area (Å²) in [6, 6.07) is 0. The third-order valence-electron chi connectivity index (χ3n) is 1.62. The summed E-state index contributed by atoms with van der Waals surface area (Å²) in [5.41, 5.74) is 5.52. The van der Waals surface area contributed by atoms with E-state index < -0.39 is 0 Å². The number of nitrogens with two attached hydrogens (primary N) is 1. The SMILES string of the molecule is N[C@@H]1CCCCN1N=O. The van der Waals surface area contributed by atoms with Gasteiger partial charge in [-0.2, -0.15) is 0 Å². The molecule has 52 valence electrons. The minimum absolute atomic E-state index is 0.128. The minimum Gasteiger partial charge on any atom is -0.310 e. The van der Waals surface area contributed by atoms with Crippen molar-refractivity contribution in [3.05, 3.63) is 4.91 Å². The first-order valence-electron chi connectivity index (χ1n) is 3.20. The lowest BCUT2D eigenvalue weighted by Crippen LogP contribution is -2.41.